The summed E-state index contributed by atoms with van der Waals surface area (Å²) >= 11 is 0. The molecule has 6 heteroatoms. The van der Waals surface area contributed by atoms with Gasteiger partial charge >= 0.3 is 0 Å². The van der Waals surface area contributed by atoms with E-state index in [0.717, 1.165) is 21.9 Å². The molecule has 0 radical (unpaired) electrons. The van der Waals surface area contributed by atoms with Crippen LogP contribution in [0, 0.1) is 6.92 Å². The lowest BCUT2D eigenvalue weighted by Gasteiger charge is -2.13. The largest absolute Gasteiger partial charge is 0.348 e. The van der Waals surface area contributed by atoms with Crippen LogP contribution < -0.4 is 5.56 Å². The first-order chi connectivity index (χ1) is 13.4. The molecule has 6 nitrogen and oxygen atoms in total. The Hall–Kier alpha value is -3.41. The molecule has 0 saturated heterocycles. The van der Waals surface area contributed by atoms with E-state index in [1.165, 1.54) is 4.68 Å². The molecule has 0 aliphatic carbocycles. The molecule has 0 bridgehead atoms. The molecule has 2 heterocycles. The molecular formula is C22H22N4O2. The number of likely N-dealkylation sites (N-methyl/N-ethyl adjacent to an activating group) is 1. The predicted octanol–water partition coefficient (Wildman–Crippen LogP) is 2.82. The molecule has 2 aromatic heterocycles. The van der Waals surface area contributed by atoms with Crippen molar-refractivity contribution in [3.05, 3.63) is 70.1 Å². The van der Waals surface area contributed by atoms with Gasteiger partial charge in [-0.2, -0.15) is 9.78 Å². The molecule has 142 valence electrons. The summed E-state index contributed by atoms with van der Waals surface area (Å²) in [6.45, 7) is 2.02. The van der Waals surface area contributed by atoms with Gasteiger partial charge in [0, 0.05) is 37.4 Å². The van der Waals surface area contributed by atoms with Crippen LogP contribution in [0.4, 0.5) is 0 Å². The molecule has 1 amide bonds. The fourth-order valence-electron chi connectivity index (χ4n) is 3.59. The summed E-state index contributed by atoms with van der Waals surface area (Å²) in [5, 5.41) is 6.34. The van der Waals surface area contributed by atoms with E-state index in [1.807, 2.05) is 61.0 Å². The fourth-order valence-corrected chi connectivity index (χ4v) is 3.59. The topological polar surface area (TPSA) is 60.1 Å². The second-order valence-corrected chi connectivity index (χ2v) is 7.27. The van der Waals surface area contributed by atoms with Crippen LogP contribution in [0.5, 0.6) is 0 Å². The van der Waals surface area contributed by atoms with Crippen molar-refractivity contribution >= 4 is 27.7 Å². The van der Waals surface area contributed by atoms with E-state index >= 15 is 0 Å². The summed E-state index contributed by atoms with van der Waals surface area (Å²) in [5.41, 5.74) is 3.68. The first-order valence-electron chi connectivity index (χ1n) is 9.15. The van der Waals surface area contributed by atoms with Crippen LogP contribution in [-0.2, 0) is 18.3 Å². The van der Waals surface area contributed by atoms with Crippen LogP contribution >= 0.6 is 0 Å². The van der Waals surface area contributed by atoms with Gasteiger partial charge in [0.15, 0.2) is 0 Å². The van der Waals surface area contributed by atoms with E-state index in [-0.39, 0.29) is 17.9 Å². The van der Waals surface area contributed by atoms with Crippen LogP contribution in [0.15, 0.2) is 53.3 Å². The highest BCUT2D eigenvalue weighted by molar-refractivity contribution is 6.10. The maximum Gasteiger partial charge on any atom is 0.296 e. The Morgan fingerprint density at radius 1 is 1.11 bits per heavy atom. The van der Waals surface area contributed by atoms with Crippen molar-refractivity contribution in [2.24, 2.45) is 7.05 Å². The molecule has 2 aromatic carbocycles. The Labute approximate surface area is 162 Å². The number of rotatable bonds is 3. The van der Waals surface area contributed by atoms with Crippen LogP contribution in [0.3, 0.4) is 0 Å². The van der Waals surface area contributed by atoms with Gasteiger partial charge in [-0.05, 0) is 31.2 Å². The first kappa shape index (κ1) is 18.0. The number of amides is 1. The smallest absolute Gasteiger partial charge is 0.296 e. The van der Waals surface area contributed by atoms with Crippen molar-refractivity contribution in [1.29, 1.82) is 0 Å². The van der Waals surface area contributed by atoms with E-state index < -0.39 is 0 Å². The molecule has 0 atom stereocenters. The molecule has 0 aliphatic heterocycles. The van der Waals surface area contributed by atoms with Gasteiger partial charge in [0.2, 0.25) is 5.91 Å². The average Bonchev–Trinajstić information content (AvgIpc) is 2.97. The van der Waals surface area contributed by atoms with Crippen LogP contribution in [0.1, 0.15) is 11.3 Å². The van der Waals surface area contributed by atoms with Crippen molar-refractivity contribution in [2.45, 2.75) is 13.3 Å². The number of nitrogens with zero attached hydrogens (tertiary/aromatic N) is 4. The number of hydrogen-bond acceptors (Lipinski definition) is 3. The molecule has 0 spiro atoms. The normalized spacial score (nSPS) is 11.3. The number of aromatic nitrogens is 3. The van der Waals surface area contributed by atoms with E-state index in [9.17, 15) is 9.59 Å². The quantitative estimate of drug-likeness (QED) is 0.554. The Bertz CT molecular complexity index is 1270. The predicted molar refractivity (Wildman–Crippen MR) is 111 cm³/mol. The molecule has 0 N–H and O–H groups in total. The van der Waals surface area contributed by atoms with Crippen molar-refractivity contribution in [1.82, 2.24) is 19.2 Å². The molecule has 0 saturated carbocycles. The van der Waals surface area contributed by atoms with Gasteiger partial charge in [0.25, 0.3) is 5.56 Å². The molecule has 0 aliphatic rings. The molecule has 0 fully saturated rings. The van der Waals surface area contributed by atoms with E-state index in [0.29, 0.717) is 16.9 Å². The second-order valence-electron chi connectivity index (χ2n) is 7.27. The first-order valence-corrected chi connectivity index (χ1v) is 9.15. The third kappa shape index (κ3) is 2.78. The highest BCUT2D eigenvalue weighted by Gasteiger charge is 2.21. The lowest BCUT2D eigenvalue weighted by molar-refractivity contribution is -0.128. The summed E-state index contributed by atoms with van der Waals surface area (Å²) in [4.78, 5) is 27.4. The SMILES string of the molecule is Cc1ccc2c(c1)c1c(CC(=O)N(C)C)nn(-c3ccccc3)c(=O)c1n2C. The summed E-state index contributed by atoms with van der Waals surface area (Å²) in [6, 6.07) is 15.4. The second kappa shape index (κ2) is 6.64. The molecule has 4 aromatic rings. The minimum Gasteiger partial charge on any atom is -0.348 e. The molecule has 0 unspecified atom stereocenters. The molecule has 4 rings (SSSR count). The van der Waals surface area contributed by atoms with Crippen molar-refractivity contribution in [3.8, 4) is 5.69 Å². The van der Waals surface area contributed by atoms with Crippen LogP contribution in [0.2, 0.25) is 0 Å². The highest BCUT2D eigenvalue weighted by Crippen LogP contribution is 2.29. The fraction of sp³-hybridized carbons (Fsp3) is 0.227. The van der Waals surface area contributed by atoms with E-state index in [2.05, 4.69) is 11.2 Å². The van der Waals surface area contributed by atoms with Gasteiger partial charge in [0.1, 0.15) is 5.52 Å². The number of carbonyl (C=O) groups is 1. The Balaban J connectivity index is 2.14. The minimum atomic E-state index is -0.196. The Morgan fingerprint density at radius 3 is 2.50 bits per heavy atom. The van der Waals surface area contributed by atoms with E-state index in [1.54, 1.807) is 19.0 Å². The number of carbonyl (C=O) groups excluding carboxylic acids is 1. The average molecular weight is 374 g/mol. The third-order valence-electron chi connectivity index (χ3n) is 5.08. The lowest BCUT2D eigenvalue weighted by atomic mass is 10.1. The number of fused-ring (bicyclic) bond motifs is 3. The Morgan fingerprint density at radius 2 is 1.82 bits per heavy atom. The maximum absolute atomic E-state index is 13.4. The van der Waals surface area contributed by atoms with Crippen molar-refractivity contribution < 1.29 is 4.79 Å². The van der Waals surface area contributed by atoms with Gasteiger partial charge < -0.3 is 9.47 Å². The maximum atomic E-state index is 13.4. The Kier molecular flexibility index (Phi) is 4.26. The molecular weight excluding hydrogens is 352 g/mol. The van der Waals surface area contributed by atoms with Gasteiger partial charge in [-0.15, -0.1) is 0 Å². The van der Waals surface area contributed by atoms with Crippen molar-refractivity contribution in [3.63, 3.8) is 0 Å². The lowest BCUT2D eigenvalue weighted by Crippen LogP contribution is -2.28. The zero-order chi connectivity index (χ0) is 20.0. The standard InChI is InChI=1S/C22H22N4O2/c1-14-10-11-18-16(12-14)20-17(13-19(27)24(2)3)23-26(15-8-6-5-7-9-15)22(28)21(20)25(18)4/h5-12H,13H2,1-4H3. The number of benzene rings is 2. The van der Waals surface area contributed by atoms with Crippen molar-refractivity contribution in [2.75, 3.05) is 14.1 Å². The summed E-state index contributed by atoms with van der Waals surface area (Å²) in [6.07, 6.45) is 0.129. The third-order valence-corrected chi connectivity index (χ3v) is 5.08. The zero-order valence-corrected chi connectivity index (χ0v) is 16.4. The monoisotopic (exact) mass is 374 g/mol. The highest BCUT2D eigenvalue weighted by atomic mass is 16.2. The van der Waals surface area contributed by atoms with Gasteiger partial charge in [0.05, 0.1) is 17.8 Å². The molecule has 28 heavy (non-hydrogen) atoms. The van der Waals surface area contributed by atoms with Gasteiger partial charge in [-0.25, -0.2) is 0 Å². The summed E-state index contributed by atoms with van der Waals surface area (Å²) < 4.78 is 3.30. The van der Waals surface area contributed by atoms with Gasteiger partial charge in [-0.1, -0.05) is 29.8 Å². The van der Waals surface area contributed by atoms with Crippen LogP contribution in [-0.4, -0.2) is 39.3 Å². The number of para-hydroxylation sites is 1. The van der Waals surface area contributed by atoms with Gasteiger partial charge in [-0.3, -0.25) is 9.59 Å². The van der Waals surface area contributed by atoms with E-state index in [4.69, 9.17) is 0 Å². The number of hydrogen-bond donors (Lipinski definition) is 0. The number of aryl methyl sites for hydroxylation is 2. The summed E-state index contributed by atoms with van der Waals surface area (Å²) in [5.74, 6) is -0.0586. The minimum absolute atomic E-state index is 0.0586. The van der Waals surface area contributed by atoms with Crippen LogP contribution in [0.25, 0.3) is 27.5 Å². The zero-order valence-electron chi connectivity index (χ0n) is 16.4. The summed E-state index contributed by atoms with van der Waals surface area (Å²) in [7, 11) is 5.33.